The van der Waals surface area contributed by atoms with Crippen LogP contribution in [0.1, 0.15) is 10.8 Å². The van der Waals surface area contributed by atoms with Gasteiger partial charge in [-0.1, -0.05) is 30.3 Å². The Morgan fingerprint density at radius 2 is 2.00 bits per heavy atom. The van der Waals surface area contributed by atoms with Crippen LogP contribution in [-0.2, 0) is 0 Å². The first kappa shape index (κ1) is 10.6. The van der Waals surface area contributed by atoms with Gasteiger partial charge < -0.3 is 17.0 Å². The van der Waals surface area contributed by atoms with Crippen LogP contribution >= 0.6 is 11.8 Å². The molecule has 15 heavy (non-hydrogen) atoms. The second-order valence-corrected chi connectivity index (χ2v) is 4.32. The van der Waals surface area contributed by atoms with Crippen molar-refractivity contribution in [2.45, 2.75) is 5.25 Å². The number of aliphatic imine (C=N–C) groups is 1. The third kappa shape index (κ3) is 1.92. The normalized spacial score (nSPS) is 21.7. The van der Waals surface area contributed by atoms with Crippen molar-refractivity contribution in [1.29, 1.82) is 0 Å². The van der Waals surface area contributed by atoms with E-state index in [0.717, 1.165) is 5.17 Å². The number of hydrogen-bond donors (Lipinski definition) is 0. The minimum atomic E-state index is 0. The van der Waals surface area contributed by atoms with E-state index in [1.54, 1.807) is 11.8 Å². The van der Waals surface area contributed by atoms with Crippen molar-refractivity contribution >= 4 is 23.1 Å². The van der Waals surface area contributed by atoms with Crippen LogP contribution in [0.15, 0.2) is 47.7 Å². The highest BCUT2D eigenvalue weighted by Crippen LogP contribution is 2.34. The molecule has 0 amide bonds. The Morgan fingerprint density at radius 1 is 1.20 bits per heavy atom. The van der Waals surface area contributed by atoms with Gasteiger partial charge in [0.25, 0.3) is 0 Å². The largest absolute Gasteiger partial charge is 1.00 e. The topological polar surface area (TPSA) is 15.4 Å². The van der Waals surface area contributed by atoms with Gasteiger partial charge in [-0.05, 0) is 22.3 Å². The van der Waals surface area contributed by atoms with E-state index in [9.17, 15) is 0 Å². The van der Waals surface area contributed by atoms with Crippen molar-refractivity contribution in [3.05, 3.63) is 48.3 Å². The van der Waals surface area contributed by atoms with Crippen molar-refractivity contribution in [3.8, 4) is 0 Å². The van der Waals surface area contributed by atoms with Crippen LogP contribution in [0.25, 0.3) is 0 Å². The van der Waals surface area contributed by atoms with Gasteiger partial charge in [0.15, 0.2) is 6.20 Å². The lowest BCUT2D eigenvalue weighted by Gasteiger charge is -2.01. The smallest absolute Gasteiger partial charge is 0.364 e. The van der Waals surface area contributed by atoms with E-state index in [4.69, 9.17) is 0 Å². The maximum Gasteiger partial charge on any atom is 0.364 e. The minimum Gasteiger partial charge on any atom is -1.00 e. The van der Waals surface area contributed by atoms with Gasteiger partial charge in [-0.3, -0.25) is 0 Å². The molecule has 0 saturated heterocycles. The summed E-state index contributed by atoms with van der Waals surface area (Å²) in [7, 11) is 0. The second-order valence-electron chi connectivity index (χ2n) is 3.22. The number of halogens is 1. The summed E-state index contributed by atoms with van der Waals surface area (Å²) in [4.78, 5) is 4.27. The number of rotatable bonds is 1. The molecule has 2 nitrogen and oxygen atoms in total. The first-order valence-electron chi connectivity index (χ1n) is 4.53. The van der Waals surface area contributed by atoms with Crippen molar-refractivity contribution < 1.29 is 21.6 Å². The van der Waals surface area contributed by atoms with Crippen molar-refractivity contribution in [2.75, 3.05) is 0 Å². The van der Waals surface area contributed by atoms with Gasteiger partial charge in [-0.15, -0.1) is 0 Å². The number of thioether (sulfide) groups is 1. The summed E-state index contributed by atoms with van der Waals surface area (Å²) >= 11 is 1.79. The summed E-state index contributed by atoms with van der Waals surface area (Å²) in [5, 5.41) is 1.50. The minimum absolute atomic E-state index is 0. The Hall–Kier alpha value is -0.870. The fourth-order valence-electron chi connectivity index (χ4n) is 1.59. The van der Waals surface area contributed by atoms with E-state index in [1.807, 2.05) is 18.5 Å². The van der Waals surface area contributed by atoms with E-state index >= 15 is 0 Å². The Bertz CT molecular complexity index is 451. The molecule has 1 aromatic rings. The molecule has 2 aliphatic rings. The van der Waals surface area contributed by atoms with Crippen molar-refractivity contribution in [2.24, 2.45) is 4.99 Å². The molecule has 76 valence electrons. The summed E-state index contributed by atoms with van der Waals surface area (Å²) in [5.41, 5.74) is 1.34. The average molecular weight is 281 g/mol. The van der Waals surface area contributed by atoms with Crippen LogP contribution < -0.4 is 17.0 Å². The van der Waals surface area contributed by atoms with Crippen LogP contribution in [0.3, 0.4) is 0 Å². The van der Waals surface area contributed by atoms with Crippen LogP contribution in [0.2, 0.25) is 0 Å². The molecule has 2 heterocycles. The molecule has 1 unspecified atom stereocenters. The highest BCUT2D eigenvalue weighted by molar-refractivity contribution is 8.14. The highest BCUT2D eigenvalue weighted by atomic mass is 79.9. The third-order valence-corrected chi connectivity index (χ3v) is 3.46. The highest BCUT2D eigenvalue weighted by Gasteiger charge is 2.31. The monoisotopic (exact) mass is 280 g/mol. The molecule has 1 atom stereocenters. The fourth-order valence-corrected chi connectivity index (χ4v) is 2.67. The third-order valence-electron chi connectivity index (χ3n) is 2.29. The zero-order valence-electron chi connectivity index (χ0n) is 7.88. The number of benzene rings is 1. The first-order valence-corrected chi connectivity index (χ1v) is 5.41. The van der Waals surface area contributed by atoms with Crippen LogP contribution in [-0.4, -0.2) is 16.0 Å². The van der Waals surface area contributed by atoms with E-state index in [0.29, 0.717) is 5.25 Å². The lowest BCUT2D eigenvalue weighted by atomic mass is 10.2. The number of fused-ring (bicyclic) bond motifs is 1. The zero-order chi connectivity index (χ0) is 9.38. The number of nitrogens with zero attached hydrogens (tertiary/aromatic N) is 2. The van der Waals surface area contributed by atoms with Crippen LogP contribution in [0.5, 0.6) is 0 Å². The molecule has 4 heteroatoms. The molecular weight excluding hydrogens is 272 g/mol. The predicted octanol–water partition coefficient (Wildman–Crippen LogP) is -0.597. The average Bonchev–Trinajstić information content (AvgIpc) is 2.78. The summed E-state index contributed by atoms with van der Waals surface area (Å²) in [5.74, 6) is 0. The Morgan fingerprint density at radius 3 is 2.73 bits per heavy atom. The maximum absolute atomic E-state index is 4.27. The van der Waals surface area contributed by atoms with Crippen LogP contribution in [0, 0.1) is 0 Å². The van der Waals surface area contributed by atoms with Gasteiger partial charge in [0.05, 0.1) is 11.5 Å². The summed E-state index contributed by atoms with van der Waals surface area (Å²) < 4.78 is 2.09. The van der Waals surface area contributed by atoms with Gasteiger partial charge in [0.1, 0.15) is 6.20 Å². The maximum atomic E-state index is 4.27. The van der Waals surface area contributed by atoms with Gasteiger partial charge in [-0.2, -0.15) is 4.58 Å². The number of amidine groups is 1. The van der Waals surface area contributed by atoms with E-state index < -0.39 is 0 Å². The van der Waals surface area contributed by atoms with Gasteiger partial charge >= 0.3 is 5.17 Å². The molecular formula is C11H9BrN2S. The molecule has 3 rings (SSSR count). The van der Waals surface area contributed by atoms with Gasteiger partial charge in [0, 0.05) is 0 Å². The Kier molecular flexibility index (Phi) is 3.07. The lowest BCUT2D eigenvalue weighted by molar-refractivity contribution is -0.306. The molecule has 0 N–H and O–H groups in total. The summed E-state index contributed by atoms with van der Waals surface area (Å²) in [6, 6.07) is 10.5. The standard InChI is InChI=1S/C11H9N2S.BrH/c1-2-4-9(5-3-1)10-8-13-7-6-12-11(13)14-10;/h1-8,10H;1H/q+1;/p-1. The summed E-state index contributed by atoms with van der Waals surface area (Å²) in [6.07, 6.45) is 6.02. The molecule has 0 bridgehead atoms. The summed E-state index contributed by atoms with van der Waals surface area (Å²) in [6.45, 7) is 0. The SMILES string of the molecule is C1=C[N+]2=CC(c3ccccc3)SC2=N1.[Br-]. The quantitative estimate of drug-likeness (QED) is 0.628. The van der Waals surface area contributed by atoms with E-state index in [1.165, 1.54) is 5.56 Å². The van der Waals surface area contributed by atoms with E-state index in [-0.39, 0.29) is 17.0 Å². The molecule has 0 fully saturated rings. The molecule has 0 radical (unpaired) electrons. The molecule has 0 saturated carbocycles. The zero-order valence-corrected chi connectivity index (χ0v) is 10.3. The van der Waals surface area contributed by atoms with Crippen LogP contribution in [0.4, 0.5) is 0 Å². The lowest BCUT2D eigenvalue weighted by Crippen LogP contribution is -3.00. The first-order chi connectivity index (χ1) is 6.93. The van der Waals surface area contributed by atoms with E-state index in [2.05, 4.69) is 40.0 Å². The predicted molar refractivity (Wildman–Crippen MR) is 59.7 cm³/mol. The van der Waals surface area contributed by atoms with Gasteiger partial charge in [0.2, 0.25) is 0 Å². The number of hydrogen-bond acceptors (Lipinski definition) is 2. The Balaban J connectivity index is 0.000000853. The molecule has 0 aliphatic carbocycles. The fraction of sp³-hybridized carbons (Fsp3) is 0.0909. The Labute approximate surface area is 103 Å². The van der Waals surface area contributed by atoms with Crippen molar-refractivity contribution in [3.63, 3.8) is 0 Å². The molecule has 0 spiro atoms. The molecule has 0 aromatic heterocycles. The second kappa shape index (κ2) is 4.33. The molecule has 2 aliphatic heterocycles. The molecule has 1 aromatic carbocycles. The van der Waals surface area contributed by atoms with Crippen molar-refractivity contribution in [1.82, 2.24) is 0 Å². The van der Waals surface area contributed by atoms with Gasteiger partial charge in [-0.25, -0.2) is 0 Å².